The van der Waals surface area contributed by atoms with E-state index in [2.05, 4.69) is 47.3 Å². The van der Waals surface area contributed by atoms with Crippen LogP contribution in [0.25, 0.3) is 0 Å². The minimum absolute atomic E-state index is 0.00276. The molecular formula is C15H18N4O2. The first-order valence-electron chi connectivity index (χ1n) is 6.96. The smallest absolute Gasteiger partial charge is 0.358 e. The number of carboxylic acids is 1. The summed E-state index contributed by atoms with van der Waals surface area (Å²) in [7, 11) is 0. The highest BCUT2D eigenvalue weighted by atomic mass is 16.4. The van der Waals surface area contributed by atoms with Crippen LogP contribution in [0.2, 0.25) is 0 Å². The van der Waals surface area contributed by atoms with E-state index in [0.717, 1.165) is 19.6 Å². The first-order valence-corrected chi connectivity index (χ1v) is 6.96. The molecule has 1 aromatic heterocycles. The van der Waals surface area contributed by atoms with Crippen molar-refractivity contribution in [1.29, 1.82) is 0 Å². The summed E-state index contributed by atoms with van der Waals surface area (Å²) in [4.78, 5) is 13.1. The van der Waals surface area contributed by atoms with Gasteiger partial charge < -0.3 is 5.11 Å². The molecule has 3 rings (SSSR count). The average molecular weight is 286 g/mol. The van der Waals surface area contributed by atoms with Crippen molar-refractivity contribution in [1.82, 2.24) is 19.9 Å². The summed E-state index contributed by atoms with van der Waals surface area (Å²) in [6.45, 7) is 6.89. The van der Waals surface area contributed by atoms with Crippen molar-refractivity contribution >= 4 is 5.97 Å². The molecule has 0 unspecified atom stereocenters. The third-order valence-electron chi connectivity index (χ3n) is 3.94. The minimum atomic E-state index is -1.03. The molecule has 6 nitrogen and oxygen atoms in total. The summed E-state index contributed by atoms with van der Waals surface area (Å²) in [5.41, 5.74) is 3.93. The third-order valence-corrected chi connectivity index (χ3v) is 3.94. The maximum Gasteiger partial charge on any atom is 0.358 e. The molecular weight excluding hydrogens is 268 g/mol. The van der Waals surface area contributed by atoms with E-state index in [4.69, 9.17) is 5.11 Å². The van der Waals surface area contributed by atoms with Crippen molar-refractivity contribution in [3.63, 3.8) is 0 Å². The van der Waals surface area contributed by atoms with Crippen molar-refractivity contribution in [3.05, 3.63) is 46.8 Å². The number of rotatable bonds is 4. The molecule has 0 saturated carbocycles. The summed E-state index contributed by atoms with van der Waals surface area (Å²) in [6.07, 6.45) is 1.50. The van der Waals surface area contributed by atoms with Crippen LogP contribution in [0.5, 0.6) is 0 Å². The van der Waals surface area contributed by atoms with E-state index in [1.54, 1.807) is 4.68 Å². The Balaban J connectivity index is 1.60. The standard InChI is InChI=1S/C15H18N4O2/c1-10-3-4-11(2)12(5-10)6-18-7-13(8-18)19-9-14(15(20)21)16-17-19/h3-5,9,13H,6-8H2,1-2H3,(H,20,21). The van der Waals surface area contributed by atoms with Crippen molar-refractivity contribution in [2.75, 3.05) is 13.1 Å². The number of hydrogen-bond acceptors (Lipinski definition) is 4. The van der Waals surface area contributed by atoms with E-state index in [1.807, 2.05) is 0 Å². The van der Waals surface area contributed by atoms with Crippen LogP contribution in [-0.4, -0.2) is 44.1 Å². The predicted molar refractivity (Wildman–Crippen MR) is 77.2 cm³/mol. The monoisotopic (exact) mass is 286 g/mol. The third kappa shape index (κ3) is 2.80. The molecule has 0 spiro atoms. The lowest BCUT2D eigenvalue weighted by Gasteiger charge is -2.39. The Hall–Kier alpha value is -2.21. The second kappa shape index (κ2) is 5.29. The zero-order valence-corrected chi connectivity index (χ0v) is 12.2. The lowest BCUT2D eigenvalue weighted by Crippen LogP contribution is -2.47. The van der Waals surface area contributed by atoms with Gasteiger partial charge in [0.1, 0.15) is 0 Å². The molecule has 0 bridgehead atoms. The molecule has 1 aliphatic rings. The molecule has 1 aliphatic heterocycles. The van der Waals surface area contributed by atoms with Gasteiger partial charge in [0.25, 0.3) is 0 Å². The maximum absolute atomic E-state index is 10.8. The van der Waals surface area contributed by atoms with E-state index in [0.29, 0.717) is 0 Å². The average Bonchev–Trinajstić information content (AvgIpc) is 2.86. The van der Waals surface area contributed by atoms with Gasteiger partial charge in [0.15, 0.2) is 5.69 Å². The lowest BCUT2D eigenvalue weighted by atomic mass is 10.0. The molecule has 2 aromatic rings. The van der Waals surface area contributed by atoms with Gasteiger partial charge in [-0.2, -0.15) is 0 Å². The van der Waals surface area contributed by atoms with Crippen LogP contribution in [-0.2, 0) is 6.54 Å². The molecule has 0 amide bonds. The maximum atomic E-state index is 10.8. The van der Waals surface area contributed by atoms with Gasteiger partial charge in [-0.1, -0.05) is 29.0 Å². The number of nitrogens with zero attached hydrogens (tertiary/aromatic N) is 4. The van der Waals surface area contributed by atoms with Gasteiger partial charge in [0.2, 0.25) is 0 Å². The van der Waals surface area contributed by atoms with Crippen LogP contribution < -0.4 is 0 Å². The predicted octanol–water partition coefficient (Wildman–Crippen LogP) is 1.65. The molecule has 1 aromatic carbocycles. The van der Waals surface area contributed by atoms with Crippen LogP contribution in [0.3, 0.4) is 0 Å². The quantitative estimate of drug-likeness (QED) is 0.925. The number of aromatic carboxylic acids is 1. The Morgan fingerprint density at radius 3 is 2.81 bits per heavy atom. The van der Waals surface area contributed by atoms with Gasteiger partial charge in [-0.05, 0) is 25.0 Å². The SMILES string of the molecule is Cc1ccc(C)c(CN2CC(n3cc(C(=O)O)nn3)C2)c1. The fourth-order valence-corrected chi connectivity index (χ4v) is 2.60. The molecule has 0 radical (unpaired) electrons. The van der Waals surface area contributed by atoms with Gasteiger partial charge in [-0.15, -0.1) is 5.10 Å². The number of aromatic nitrogens is 3. The molecule has 2 heterocycles. The van der Waals surface area contributed by atoms with Crippen LogP contribution in [0.15, 0.2) is 24.4 Å². The highest BCUT2D eigenvalue weighted by molar-refractivity contribution is 5.84. The van der Waals surface area contributed by atoms with Gasteiger partial charge in [-0.3, -0.25) is 4.90 Å². The second-order valence-corrected chi connectivity index (χ2v) is 5.67. The van der Waals surface area contributed by atoms with Gasteiger partial charge in [-0.25, -0.2) is 9.48 Å². The normalized spacial score (nSPS) is 15.9. The summed E-state index contributed by atoms with van der Waals surface area (Å²) in [5, 5.41) is 16.4. The highest BCUT2D eigenvalue weighted by Gasteiger charge is 2.29. The Morgan fingerprint density at radius 1 is 1.38 bits per heavy atom. The summed E-state index contributed by atoms with van der Waals surface area (Å²) in [5.74, 6) is -1.03. The van der Waals surface area contributed by atoms with Crippen LogP contribution >= 0.6 is 0 Å². The van der Waals surface area contributed by atoms with Crippen molar-refractivity contribution in [2.45, 2.75) is 26.4 Å². The first kappa shape index (κ1) is 13.8. The van der Waals surface area contributed by atoms with E-state index in [1.165, 1.54) is 22.9 Å². The van der Waals surface area contributed by atoms with Crippen LogP contribution in [0.1, 0.15) is 33.2 Å². The molecule has 6 heteroatoms. The molecule has 0 aliphatic carbocycles. The molecule has 1 fully saturated rings. The van der Waals surface area contributed by atoms with Gasteiger partial charge in [0.05, 0.1) is 12.2 Å². The van der Waals surface area contributed by atoms with Gasteiger partial charge in [0, 0.05) is 19.6 Å². The Labute approximate surface area is 123 Å². The highest BCUT2D eigenvalue weighted by Crippen LogP contribution is 2.24. The molecule has 110 valence electrons. The molecule has 1 N–H and O–H groups in total. The largest absolute Gasteiger partial charge is 0.476 e. The summed E-state index contributed by atoms with van der Waals surface area (Å²) in [6, 6.07) is 6.72. The second-order valence-electron chi connectivity index (χ2n) is 5.67. The first-order chi connectivity index (χ1) is 10.0. The van der Waals surface area contributed by atoms with Crippen molar-refractivity contribution < 1.29 is 9.90 Å². The fraction of sp³-hybridized carbons (Fsp3) is 0.400. The van der Waals surface area contributed by atoms with E-state index in [-0.39, 0.29) is 11.7 Å². The zero-order valence-electron chi connectivity index (χ0n) is 12.2. The summed E-state index contributed by atoms with van der Waals surface area (Å²) >= 11 is 0. The Kier molecular flexibility index (Phi) is 3.47. The van der Waals surface area contributed by atoms with Gasteiger partial charge >= 0.3 is 5.97 Å². The minimum Gasteiger partial charge on any atom is -0.476 e. The van der Waals surface area contributed by atoms with Crippen LogP contribution in [0, 0.1) is 13.8 Å². The molecule has 21 heavy (non-hydrogen) atoms. The molecule has 0 atom stereocenters. The number of aryl methyl sites for hydroxylation is 2. The molecule has 1 saturated heterocycles. The van der Waals surface area contributed by atoms with Crippen molar-refractivity contribution in [3.8, 4) is 0 Å². The lowest BCUT2D eigenvalue weighted by molar-refractivity contribution is 0.0690. The number of benzene rings is 1. The fourth-order valence-electron chi connectivity index (χ4n) is 2.60. The topological polar surface area (TPSA) is 71.2 Å². The van der Waals surface area contributed by atoms with Crippen molar-refractivity contribution in [2.24, 2.45) is 0 Å². The Morgan fingerprint density at radius 2 is 2.14 bits per heavy atom. The number of carboxylic acid groups (broad SMARTS) is 1. The van der Waals surface area contributed by atoms with E-state index in [9.17, 15) is 4.79 Å². The van der Waals surface area contributed by atoms with Crippen LogP contribution in [0.4, 0.5) is 0 Å². The van der Waals surface area contributed by atoms with E-state index < -0.39 is 5.97 Å². The summed E-state index contributed by atoms with van der Waals surface area (Å²) < 4.78 is 1.66. The number of hydrogen-bond donors (Lipinski definition) is 1. The van der Waals surface area contributed by atoms with E-state index >= 15 is 0 Å². The zero-order chi connectivity index (χ0) is 15.0. The Bertz CT molecular complexity index is 674. The number of likely N-dealkylation sites (tertiary alicyclic amines) is 1. The number of carbonyl (C=O) groups is 1.